The van der Waals surface area contributed by atoms with Crippen LogP contribution in [0.4, 0.5) is 0 Å². The van der Waals surface area contributed by atoms with Crippen molar-refractivity contribution in [1.82, 2.24) is 14.7 Å². The third-order valence-electron chi connectivity index (χ3n) is 3.09. The van der Waals surface area contributed by atoms with Gasteiger partial charge in [-0.05, 0) is 13.0 Å². The van der Waals surface area contributed by atoms with Crippen molar-refractivity contribution in [3.05, 3.63) is 17.5 Å². The Morgan fingerprint density at radius 1 is 1.62 bits per heavy atom. The van der Waals surface area contributed by atoms with Gasteiger partial charge in [0.1, 0.15) is 0 Å². The molecule has 2 N–H and O–H groups in total. The summed E-state index contributed by atoms with van der Waals surface area (Å²) in [6, 6.07) is 2.47. The van der Waals surface area contributed by atoms with E-state index in [-0.39, 0.29) is 0 Å². The fraction of sp³-hybridized carbons (Fsp3) is 0.727. The number of hydrogen-bond donors (Lipinski definition) is 1. The van der Waals surface area contributed by atoms with E-state index in [0.29, 0.717) is 12.6 Å². The topological polar surface area (TPSA) is 56.3 Å². The van der Waals surface area contributed by atoms with Crippen molar-refractivity contribution in [3.8, 4) is 0 Å². The van der Waals surface area contributed by atoms with E-state index in [9.17, 15) is 0 Å². The lowest BCUT2D eigenvalue weighted by atomic mass is 10.2. The van der Waals surface area contributed by atoms with Crippen LogP contribution in [0.2, 0.25) is 0 Å². The Bertz CT molecular complexity index is 350. The molecule has 1 aromatic heterocycles. The predicted molar refractivity (Wildman–Crippen MR) is 62.0 cm³/mol. The molecule has 5 heteroatoms. The van der Waals surface area contributed by atoms with Crippen molar-refractivity contribution >= 4 is 0 Å². The Morgan fingerprint density at radius 3 is 3.06 bits per heavy atom. The van der Waals surface area contributed by atoms with Crippen molar-refractivity contribution in [2.24, 2.45) is 12.8 Å². The Kier molecular flexibility index (Phi) is 3.58. The van der Waals surface area contributed by atoms with Crippen LogP contribution in [0.15, 0.2) is 6.07 Å². The number of aromatic nitrogens is 2. The molecule has 5 nitrogen and oxygen atoms in total. The van der Waals surface area contributed by atoms with Crippen LogP contribution in [0.25, 0.3) is 0 Å². The summed E-state index contributed by atoms with van der Waals surface area (Å²) in [6.45, 7) is 6.06. The minimum atomic E-state index is 0.337. The lowest BCUT2D eigenvalue weighted by Crippen LogP contribution is -2.48. The van der Waals surface area contributed by atoms with Crippen LogP contribution in [0, 0.1) is 6.92 Å². The van der Waals surface area contributed by atoms with Crippen LogP contribution < -0.4 is 5.73 Å². The van der Waals surface area contributed by atoms with Gasteiger partial charge in [-0.15, -0.1) is 0 Å². The number of hydrogen-bond acceptors (Lipinski definition) is 4. The first kappa shape index (κ1) is 11.6. The Morgan fingerprint density at radius 2 is 2.44 bits per heavy atom. The second kappa shape index (κ2) is 4.95. The SMILES string of the molecule is Cc1cc(CN2CCOCC2CN)n(C)n1. The highest BCUT2D eigenvalue weighted by Gasteiger charge is 2.22. The van der Waals surface area contributed by atoms with Crippen LogP contribution in [-0.4, -0.2) is 47.0 Å². The van der Waals surface area contributed by atoms with Gasteiger partial charge in [-0.2, -0.15) is 5.10 Å². The second-order valence-electron chi connectivity index (χ2n) is 4.34. The van der Waals surface area contributed by atoms with Crippen molar-refractivity contribution in [1.29, 1.82) is 0 Å². The summed E-state index contributed by atoms with van der Waals surface area (Å²) in [5.74, 6) is 0. The van der Waals surface area contributed by atoms with Gasteiger partial charge in [-0.25, -0.2) is 0 Å². The maximum atomic E-state index is 5.75. The van der Waals surface area contributed by atoms with Crippen LogP contribution in [0.5, 0.6) is 0 Å². The summed E-state index contributed by atoms with van der Waals surface area (Å²) in [5, 5.41) is 4.35. The standard InChI is InChI=1S/C11H20N4O/c1-9-5-10(14(2)13-9)7-15-3-4-16-8-11(15)6-12/h5,11H,3-4,6-8,12H2,1-2H3. The highest BCUT2D eigenvalue weighted by molar-refractivity contribution is 5.08. The second-order valence-corrected chi connectivity index (χ2v) is 4.34. The first-order valence-corrected chi connectivity index (χ1v) is 5.72. The predicted octanol–water partition coefficient (Wildman–Crippen LogP) is -0.112. The molecule has 1 atom stereocenters. The van der Waals surface area contributed by atoms with E-state index in [0.717, 1.165) is 32.0 Å². The molecule has 0 aliphatic carbocycles. The molecule has 2 rings (SSSR count). The highest BCUT2D eigenvalue weighted by Crippen LogP contribution is 2.12. The van der Waals surface area contributed by atoms with E-state index in [1.165, 1.54) is 5.69 Å². The molecule has 0 saturated carbocycles. The van der Waals surface area contributed by atoms with Crippen molar-refractivity contribution in [2.75, 3.05) is 26.3 Å². The molecule has 0 amide bonds. The zero-order valence-corrected chi connectivity index (χ0v) is 10.0. The molecule has 1 aromatic rings. The molecule has 0 aromatic carbocycles. The zero-order valence-electron chi connectivity index (χ0n) is 10.0. The van der Waals surface area contributed by atoms with Crippen LogP contribution in [0.3, 0.4) is 0 Å². The minimum absolute atomic E-state index is 0.337. The van der Waals surface area contributed by atoms with E-state index in [4.69, 9.17) is 10.5 Å². The van der Waals surface area contributed by atoms with Crippen LogP contribution >= 0.6 is 0 Å². The Hall–Kier alpha value is -0.910. The third-order valence-corrected chi connectivity index (χ3v) is 3.09. The van der Waals surface area contributed by atoms with Gasteiger partial charge in [-0.1, -0.05) is 0 Å². The van der Waals surface area contributed by atoms with Crippen molar-refractivity contribution in [3.63, 3.8) is 0 Å². The molecule has 1 saturated heterocycles. The molecule has 0 spiro atoms. The zero-order chi connectivity index (χ0) is 11.5. The van der Waals surface area contributed by atoms with Gasteiger partial charge < -0.3 is 10.5 Å². The van der Waals surface area contributed by atoms with Gasteiger partial charge in [0.15, 0.2) is 0 Å². The number of aryl methyl sites for hydroxylation is 2. The summed E-state index contributed by atoms with van der Waals surface area (Å²) in [7, 11) is 1.99. The Balaban J connectivity index is 2.04. The van der Waals surface area contributed by atoms with Gasteiger partial charge in [0.05, 0.1) is 24.6 Å². The maximum absolute atomic E-state index is 5.75. The highest BCUT2D eigenvalue weighted by atomic mass is 16.5. The number of morpholine rings is 1. The average molecular weight is 224 g/mol. The summed E-state index contributed by atoms with van der Waals surface area (Å²) in [6.07, 6.45) is 0. The summed E-state index contributed by atoms with van der Waals surface area (Å²) >= 11 is 0. The summed E-state index contributed by atoms with van der Waals surface area (Å²) in [5.41, 5.74) is 8.05. The van der Waals surface area contributed by atoms with Crippen molar-refractivity contribution < 1.29 is 4.74 Å². The number of ether oxygens (including phenoxy) is 1. The Labute approximate surface area is 96.2 Å². The van der Waals surface area contributed by atoms with Gasteiger partial charge in [0.25, 0.3) is 0 Å². The molecule has 2 heterocycles. The first-order chi connectivity index (χ1) is 7.70. The molecular weight excluding hydrogens is 204 g/mol. The maximum Gasteiger partial charge on any atom is 0.0634 e. The van der Waals surface area contributed by atoms with Crippen LogP contribution in [0.1, 0.15) is 11.4 Å². The molecular formula is C11H20N4O. The van der Waals surface area contributed by atoms with Gasteiger partial charge >= 0.3 is 0 Å². The number of nitrogens with zero attached hydrogens (tertiary/aromatic N) is 3. The molecule has 0 radical (unpaired) electrons. The van der Waals surface area contributed by atoms with E-state index >= 15 is 0 Å². The molecule has 1 aliphatic heterocycles. The van der Waals surface area contributed by atoms with E-state index in [1.54, 1.807) is 0 Å². The molecule has 90 valence electrons. The summed E-state index contributed by atoms with van der Waals surface area (Å²) < 4.78 is 7.38. The van der Waals surface area contributed by atoms with E-state index in [2.05, 4.69) is 16.1 Å². The number of rotatable bonds is 3. The van der Waals surface area contributed by atoms with Gasteiger partial charge in [0.2, 0.25) is 0 Å². The lowest BCUT2D eigenvalue weighted by molar-refractivity contribution is -0.00892. The number of nitrogens with two attached hydrogens (primary N) is 1. The molecule has 16 heavy (non-hydrogen) atoms. The monoisotopic (exact) mass is 224 g/mol. The van der Waals surface area contributed by atoms with E-state index in [1.807, 2.05) is 18.7 Å². The first-order valence-electron chi connectivity index (χ1n) is 5.72. The van der Waals surface area contributed by atoms with E-state index < -0.39 is 0 Å². The fourth-order valence-corrected chi connectivity index (χ4v) is 2.13. The van der Waals surface area contributed by atoms with Gasteiger partial charge in [-0.3, -0.25) is 9.58 Å². The molecule has 1 aliphatic rings. The quantitative estimate of drug-likeness (QED) is 0.778. The largest absolute Gasteiger partial charge is 0.378 e. The van der Waals surface area contributed by atoms with Crippen molar-refractivity contribution in [2.45, 2.75) is 19.5 Å². The third kappa shape index (κ3) is 2.42. The molecule has 0 bridgehead atoms. The van der Waals surface area contributed by atoms with Gasteiger partial charge in [0, 0.05) is 32.7 Å². The smallest absolute Gasteiger partial charge is 0.0634 e. The average Bonchev–Trinajstić information content (AvgIpc) is 2.58. The molecule has 1 unspecified atom stereocenters. The normalized spacial score (nSPS) is 22.6. The van der Waals surface area contributed by atoms with Crippen LogP contribution in [-0.2, 0) is 18.3 Å². The lowest BCUT2D eigenvalue weighted by Gasteiger charge is -2.34. The minimum Gasteiger partial charge on any atom is -0.378 e. The summed E-state index contributed by atoms with van der Waals surface area (Å²) in [4.78, 5) is 2.37. The fourth-order valence-electron chi connectivity index (χ4n) is 2.13. The molecule has 1 fully saturated rings.